The van der Waals surface area contributed by atoms with Gasteiger partial charge in [0.1, 0.15) is 5.52 Å². The molecule has 0 fully saturated rings. The number of nitrogens with zero attached hydrogens (tertiary/aromatic N) is 4. The molecule has 0 atom stereocenters. The average Bonchev–Trinajstić information content (AvgIpc) is 3.26. The number of aryl methyl sites for hydroxylation is 1. The molecule has 8 heteroatoms. The molecule has 0 bridgehead atoms. The highest BCUT2D eigenvalue weighted by molar-refractivity contribution is 6.04. The number of aromatic amines is 1. The fourth-order valence-corrected chi connectivity index (χ4v) is 2.95. The van der Waals surface area contributed by atoms with Crippen LogP contribution in [0.3, 0.4) is 0 Å². The lowest BCUT2D eigenvalue weighted by Crippen LogP contribution is -1.99. The molecular weight excluding hydrogens is 332 g/mol. The van der Waals surface area contributed by atoms with Gasteiger partial charge in [0.15, 0.2) is 17.1 Å². The Labute approximate surface area is 147 Å². The fraction of sp³-hybridized carbons (Fsp3) is 0.111. The van der Waals surface area contributed by atoms with Crippen LogP contribution in [0.25, 0.3) is 22.1 Å². The van der Waals surface area contributed by atoms with Crippen LogP contribution in [0.2, 0.25) is 0 Å². The van der Waals surface area contributed by atoms with Crippen LogP contribution >= 0.6 is 0 Å². The monoisotopic (exact) mass is 346 g/mol. The molecule has 0 saturated heterocycles. The van der Waals surface area contributed by atoms with Gasteiger partial charge in [0.05, 0.1) is 11.7 Å². The van der Waals surface area contributed by atoms with E-state index < -0.39 is 0 Å². The maximum atomic E-state index is 5.35. The van der Waals surface area contributed by atoms with Crippen molar-refractivity contribution in [2.24, 2.45) is 5.10 Å². The van der Waals surface area contributed by atoms with E-state index in [0.717, 1.165) is 33.3 Å². The quantitative estimate of drug-likeness (QED) is 0.437. The van der Waals surface area contributed by atoms with Gasteiger partial charge in [-0.15, -0.1) is 10.2 Å². The number of ether oxygens (including phenoxy) is 2. The van der Waals surface area contributed by atoms with Gasteiger partial charge in [-0.25, -0.2) is 5.43 Å². The third-order valence-electron chi connectivity index (χ3n) is 4.23. The molecule has 4 aromatic rings. The van der Waals surface area contributed by atoms with Crippen molar-refractivity contribution in [1.82, 2.24) is 20.2 Å². The minimum Gasteiger partial charge on any atom is -0.454 e. The van der Waals surface area contributed by atoms with Gasteiger partial charge in [-0.05, 0) is 36.2 Å². The van der Waals surface area contributed by atoms with Crippen molar-refractivity contribution in [2.75, 3.05) is 12.2 Å². The highest BCUT2D eigenvalue weighted by Crippen LogP contribution is 2.32. The van der Waals surface area contributed by atoms with Gasteiger partial charge in [-0.2, -0.15) is 10.1 Å². The average molecular weight is 346 g/mol. The van der Waals surface area contributed by atoms with Gasteiger partial charge in [-0.1, -0.05) is 18.2 Å². The third-order valence-corrected chi connectivity index (χ3v) is 4.23. The number of hydrogen-bond donors (Lipinski definition) is 2. The molecule has 2 N–H and O–H groups in total. The Morgan fingerprint density at radius 3 is 3.04 bits per heavy atom. The van der Waals surface area contributed by atoms with Crippen molar-refractivity contribution in [3.05, 3.63) is 47.5 Å². The number of hydrogen-bond acceptors (Lipinski definition) is 7. The van der Waals surface area contributed by atoms with Gasteiger partial charge in [0, 0.05) is 5.39 Å². The van der Waals surface area contributed by atoms with Crippen molar-refractivity contribution in [3.63, 3.8) is 0 Å². The Morgan fingerprint density at radius 2 is 2.08 bits per heavy atom. The third kappa shape index (κ3) is 2.39. The molecule has 2 aromatic carbocycles. The second-order valence-electron chi connectivity index (χ2n) is 5.94. The number of fused-ring (bicyclic) bond motifs is 4. The summed E-state index contributed by atoms with van der Waals surface area (Å²) in [5, 5.41) is 13.5. The van der Waals surface area contributed by atoms with E-state index in [9.17, 15) is 0 Å². The SMILES string of the molecule is Cc1cccc2c1[nH]c1nc(N/N=C\c3ccc4c(c3)OCO4)nnc12. The number of rotatable bonds is 3. The summed E-state index contributed by atoms with van der Waals surface area (Å²) in [4.78, 5) is 7.73. The van der Waals surface area contributed by atoms with Crippen LogP contribution in [0.15, 0.2) is 41.5 Å². The van der Waals surface area contributed by atoms with Crippen molar-refractivity contribution < 1.29 is 9.47 Å². The molecule has 26 heavy (non-hydrogen) atoms. The zero-order valence-electron chi connectivity index (χ0n) is 13.9. The van der Waals surface area contributed by atoms with E-state index in [1.54, 1.807) is 6.21 Å². The smallest absolute Gasteiger partial charge is 0.265 e. The highest BCUT2D eigenvalue weighted by Gasteiger charge is 2.12. The Balaban J connectivity index is 1.41. The summed E-state index contributed by atoms with van der Waals surface area (Å²) in [5.41, 5.74) is 7.25. The van der Waals surface area contributed by atoms with Crippen molar-refractivity contribution in [2.45, 2.75) is 6.92 Å². The predicted molar refractivity (Wildman–Crippen MR) is 97.7 cm³/mol. The summed E-state index contributed by atoms with van der Waals surface area (Å²) in [7, 11) is 0. The minimum atomic E-state index is 0.248. The summed E-state index contributed by atoms with van der Waals surface area (Å²) in [6.07, 6.45) is 1.66. The van der Waals surface area contributed by atoms with Gasteiger partial charge in [0.2, 0.25) is 6.79 Å². The predicted octanol–water partition coefficient (Wildman–Crippen LogP) is 2.99. The number of anilines is 1. The van der Waals surface area contributed by atoms with E-state index in [4.69, 9.17) is 9.47 Å². The number of hydrazone groups is 1. The van der Waals surface area contributed by atoms with Gasteiger partial charge < -0.3 is 14.5 Å². The summed E-state index contributed by atoms with van der Waals surface area (Å²) in [6.45, 7) is 2.29. The Kier molecular flexibility index (Phi) is 3.21. The standard InChI is InChI=1S/C18H14N6O2/c1-10-3-2-4-12-15(10)20-17-16(12)22-24-18(21-17)23-19-8-11-5-6-13-14(7-11)26-9-25-13/h2-8H,9H2,1H3,(H2,20,21,23,24)/b19-8-. The van der Waals surface area contributed by atoms with Crippen LogP contribution in [0.4, 0.5) is 5.95 Å². The van der Waals surface area contributed by atoms with E-state index in [1.807, 2.05) is 43.3 Å². The molecule has 0 unspecified atom stereocenters. The first-order valence-corrected chi connectivity index (χ1v) is 8.08. The number of para-hydroxylation sites is 1. The van der Waals surface area contributed by atoms with Gasteiger partial charge >= 0.3 is 0 Å². The molecule has 3 heterocycles. The Bertz CT molecular complexity index is 1170. The molecular formula is C18H14N6O2. The summed E-state index contributed by atoms with van der Waals surface area (Å²) < 4.78 is 10.6. The topological polar surface area (TPSA) is 97.3 Å². The molecule has 0 radical (unpaired) electrons. The van der Waals surface area contributed by atoms with Crippen molar-refractivity contribution in [3.8, 4) is 11.5 Å². The number of H-pyrrole nitrogens is 1. The Hall–Kier alpha value is -3.68. The molecule has 0 saturated carbocycles. The lowest BCUT2D eigenvalue weighted by molar-refractivity contribution is 0.174. The molecule has 0 amide bonds. The fourth-order valence-electron chi connectivity index (χ4n) is 2.95. The number of aromatic nitrogens is 4. The molecule has 128 valence electrons. The normalized spacial score (nSPS) is 13.1. The Morgan fingerprint density at radius 1 is 1.15 bits per heavy atom. The van der Waals surface area contributed by atoms with Crippen LogP contribution in [-0.2, 0) is 0 Å². The zero-order chi connectivity index (χ0) is 17.5. The number of benzene rings is 2. The lowest BCUT2D eigenvalue weighted by atomic mass is 10.1. The van der Waals surface area contributed by atoms with E-state index in [0.29, 0.717) is 17.3 Å². The largest absolute Gasteiger partial charge is 0.454 e. The summed E-state index contributed by atoms with van der Waals surface area (Å²) >= 11 is 0. The second-order valence-corrected chi connectivity index (χ2v) is 5.94. The van der Waals surface area contributed by atoms with E-state index in [1.165, 1.54) is 0 Å². The minimum absolute atomic E-state index is 0.248. The van der Waals surface area contributed by atoms with Crippen LogP contribution in [0.5, 0.6) is 11.5 Å². The molecule has 0 aliphatic carbocycles. The van der Waals surface area contributed by atoms with E-state index in [-0.39, 0.29) is 6.79 Å². The van der Waals surface area contributed by atoms with Crippen LogP contribution in [0.1, 0.15) is 11.1 Å². The van der Waals surface area contributed by atoms with Crippen molar-refractivity contribution in [1.29, 1.82) is 0 Å². The maximum absolute atomic E-state index is 5.35. The van der Waals surface area contributed by atoms with Crippen molar-refractivity contribution >= 4 is 34.2 Å². The van der Waals surface area contributed by atoms with Crippen LogP contribution < -0.4 is 14.9 Å². The molecule has 2 aromatic heterocycles. The number of nitrogens with one attached hydrogen (secondary N) is 2. The molecule has 8 nitrogen and oxygen atoms in total. The summed E-state index contributed by atoms with van der Waals surface area (Å²) in [6, 6.07) is 11.6. The molecule has 5 rings (SSSR count). The van der Waals surface area contributed by atoms with E-state index >= 15 is 0 Å². The summed E-state index contributed by atoms with van der Waals surface area (Å²) in [5.74, 6) is 1.77. The second kappa shape index (κ2) is 5.69. The van der Waals surface area contributed by atoms with Crippen LogP contribution in [0, 0.1) is 6.92 Å². The maximum Gasteiger partial charge on any atom is 0.265 e. The molecule has 1 aliphatic heterocycles. The highest BCUT2D eigenvalue weighted by atomic mass is 16.7. The first-order chi connectivity index (χ1) is 12.8. The van der Waals surface area contributed by atoms with Crippen LogP contribution in [-0.4, -0.2) is 33.2 Å². The first kappa shape index (κ1) is 14.6. The first-order valence-electron chi connectivity index (χ1n) is 8.08. The van der Waals surface area contributed by atoms with Gasteiger partial charge in [0.25, 0.3) is 5.95 Å². The lowest BCUT2D eigenvalue weighted by Gasteiger charge is -1.99. The molecule has 0 spiro atoms. The molecule has 1 aliphatic rings. The van der Waals surface area contributed by atoms with Gasteiger partial charge in [-0.3, -0.25) is 0 Å². The van der Waals surface area contributed by atoms with E-state index in [2.05, 4.69) is 30.7 Å². The zero-order valence-corrected chi connectivity index (χ0v) is 13.9.